The number of benzene rings is 2. The van der Waals surface area contributed by atoms with Crippen molar-refractivity contribution in [2.24, 2.45) is 0 Å². The maximum Gasteiger partial charge on any atom is 0.166 e. The van der Waals surface area contributed by atoms with E-state index in [0.717, 1.165) is 12.1 Å². The van der Waals surface area contributed by atoms with Gasteiger partial charge in [-0.15, -0.1) is 0 Å². The quantitative estimate of drug-likeness (QED) is 0.780. The predicted octanol–water partition coefficient (Wildman–Crippen LogP) is 3.76. The summed E-state index contributed by atoms with van der Waals surface area (Å²) in [5.41, 5.74) is 0.375. The number of ketones is 1. The van der Waals surface area contributed by atoms with Gasteiger partial charge in [0.25, 0.3) is 0 Å². The molecule has 0 unspecified atom stereocenters. The molecule has 2 aromatic carbocycles. The minimum absolute atomic E-state index is 0.0290. The van der Waals surface area contributed by atoms with E-state index in [9.17, 15) is 18.0 Å². The molecule has 0 heterocycles. The van der Waals surface area contributed by atoms with Crippen LogP contribution in [0.15, 0.2) is 42.5 Å². The normalized spacial score (nSPS) is 10.3. The highest BCUT2D eigenvalue weighted by Gasteiger charge is 2.07. The van der Waals surface area contributed by atoms with Crippen molar-refractivity contribution in [2.75, 3.05) is 6.61 Å². The summed E-state index contributed by atoms with van der Waals surface area (Å²) < 4.78 is 43.4. The number of carbonyl (C=O) groups is 1. The van der Waals surface area contributed by atoms with Crippen molar-refractivity contribution >= 4 is 5.78 Å². The Kier molecular flexibility index (Phi) is 4.40. The lowest BCUT2D eigenvalue weighted by atomic mass is 10.1. The summed E-state index contributed by atoms with van der Waals surface area (Å²) in [4.78, 5) is 11.7. The van der Waals surface area contributed by atoms with Crippen LogP contribution >= 0.6 is 0 Å². The fourth-order valence-corrected chi connectivity index (χ4v) is 1.61. The molecule has 5 heteroatoms. The molecule has 0 bridgehead atoms. The summed E-state index contributed by atoms with van der Waals surface area (Å²) in [5, 5.41) is 0. The fraction of sp³-hybridized carbons (Fsp3) is 0.133. The van der Waals surface area contributed by atoms with Crippen LogP contribution in [-0.4, -0.2) is 12.4 Å². The van der Waals surface area contributed by atoms with E-state index in [4.69, 9.17) is 4.74 Å². The first-order valence-electron chi connectivity index (χ1n) is 5.93. The van der Waals surface area contributed by atoms with Gasteiger partial charge in [0, 0.05) is 18.1 Å². The predicted molar refractivity (Wildman–Crippen MR) is 67.2 cm³/mol. The molecule has 20 heavy (non-hydrogen) atoms. The number of hydrogen-bond donors (Lipinski definition) is 0. The van der Waals surface area contributed by atoms with Crippen molar-refractivity contribution in [3.8, 4) is 5.75 Å². The number of halogens is 3. The van der Waals surface area contributed by atoms with Crippen LogP contribution < -0.4 is 4.74 Å². The molecule has 0 saturated heterocycles. The first-order valence-corrected chi connectivity index (χ1v) is 5.93. The second-order valence-corrected chi connectivity index (χ2v) is 4.10. The zero-order valence-corrected chi connectivity index (χ0v) is 10.4. The van der Waals surface area contributed by atoms with Gasteiger partial charge in [-0.1, -0.05) is 0 Å². The monoisotopic (exact) mass is 280 g/mol. The second-order valence-electron chi connectivity index (χ2n) is 4.10. The maximum atomic E-state index is 12.9. The number of rotatable bonds is 5. The molecule has 0 aromatic heterocycles. The summed E-state index contributed by atoms with van der Waals surface area (Å²) in [7, 11) is 0. The molecular weight excluding hydrogens is 269 g/mol. The molecule has 0 radical (unpaired) electrons. The summed E-state index contributed by atoms with van der Waals surface area (Å²) in [5.74, 6) is -2.45. The van der Waals surface area contributed by atoms with Gasteiger partial charge >= 0.3 is 0 Å². The Bertz CT molecular complexity index is 609. The summed E-state index contributed by atoms with van der Waals surface area (Å²) in [6.07, 6.45) is 0.0601. The van der Waals surface area contributed by atoms with Crippen LogP contribution in [-0.2, 0) is 0 Å². The van der Waals surface area contributed by atoms with Crippen LogP contribution in [0.3, 0.4) is 0 Å². The molecule has 2 rings (SSSR count). The van der Waals surface area contributed by atoms with Gasteiger partial charge in [0.15, 0.2) is 17.4 Å². The average Bonchev–Trinajstić information content (AvgIpc) is 2.43. The Morgan fingerprint density at radius 1 is 0.950 bits per heavy atom. The molecule has 0 aliphatic rings. The largest absolute Gasteiger partial charge is 0.493 e. The van der Waals surface area contributed by atoms with E-state index in [1.807, 2.05) is 0 Å². The molecular formula is C15H11F3O2. The van der Waals surface area contributed by atoms with Gasteiger partial charge in [0.05, 0.1) is 6.61 Å². The van der Waals surface area contributed by atoms with Gasteiger partial charge in [-0.25, -0.2) is 13.2 Å². The van der Waals surface area contributed by atoms with E-state index in [-0.39, 0.29) is 24.6 Å². The highest BCUT2D eigenvalue weighted by atomic mass is 19.2. The average molecular weight is 280 g/mol. The third kappa shape index (κ3) is 3.60. The molecule has 104 valence electrons. The van der Waals surface area contributed by atoms with E-state index < -0.39 is 17.5 Å². The van der Waals surface area contributed by atoms with Crippen LogP contribution in [0, 0.1) is 17.5 Å². The third-order valence-electron chi connectivity index (χ3n) is 2.66. The zero-order valence-electron chi connectivity index (χ0n) is 10.4. The minimum Gasteiger partial charge on any atom is -0.493 e. The topological polar surface area (TPSA) is 26.3 Å². The van der Waals surface area contributed by atoms with Crippen molar-refractivity contribution in [3.63, 3.8) is 0 Å². The smallest absolute Gasteiger partial charge is 0.166 e. The van der Waals surface area contributed by atoms with Crippen LogP contribution in [0.5, 0.6) is 5.75 Å². The lowest BCUT2D eigenvalue weighted by Gasteiger charge is -2.06. The highest BCUT2D eigenvalue weighted by Crippen LogP contribution is 2.16. The molecule has 0 fully saturated rings. The molecule has 0 saturated carbocycles. The molecule has 0 aliphatic carbocycles. The third-order valence-corrected chi connectivity index (χ3v) is 2.66. The van der Waals surface area contributed by atoms with Crippen molar-refractivity contribution < 1.29 is 22.7 Å². The van der Waals surface area contributed by atoms with Crippen molar-refractivity contribution in [1.82, 2.24) is 0 Å². The molecule has 0 atom stereocenters. The molecule has 0 aliphatic heterocycles. The Labute approximate surface area is 113 Å². The Balaban J connectivity index is 1.87. The number of carbonyl (C=O) groups excluding carboxylic acids is 1. The second kappa shape index (κ2) is 6.23. The molecule has 2 nitrogen and oxygen atoms in total. The van der Waals surface area contributed by atoms with E-state index in [1.54, 1.807) is 0 Å². The lowest BCUT2D eigenvalue weighted by molar-refractivity contribution is 0.0962. The highest BCUT2D eigenvalue weighted by molar-refractivity contribution is 5.96. The first-order chi connectivity index (χ1) is 9.56. The zero-order chi connectivity index (χ0) is 14.5. The summed E-state index contributed by atoms with van der Waals surface area (Å²) in [6, 6.07) is 8.31. The van der Waals surface area contributed by atoms with Gasteiger partial charge in [-0.3, -0.25) is 4.79 Å². The van der Waals surface area contributed by atoms with Gasteiger partial charge in [-0.05, 0) is 36.4 Å². The first kappa shape index (κ1) is 14.1. The Morgan fingerprint density at radius 2 is 1.65 bits per heavy atom. The summed E-state index contributed by atoms with van der Waals surface area (Å²) in [6.45, 7) is 0.0290. The molecule has 0 N–H and O–H groups in total. The van der Waals surface area contributed by atoms with Crippen molar-refractivity contribution in [2.45, 2.75) is 6.42 Å². The van der Waals surface area contributed by atoms with Crippen molar-refractivity contribution in [1.29, 1.82) is 0 Å². The molecule has 2 aromatic rings. The lowest BCUT2D eigenvalue weighted by Crippen LogP contribution is -2.07. The number of ether oxygens (including phenoxy) is 1. The van der Waals surface area contributed by atoms with E-state index in [1.165, 1.54) is 30.3 Å². The minimum atomic E-state index is -1.01. The Hall–Kier alpha value is -2.30. The van der Waals surface area contributed by atoms with Gasteiger partial charge in [0.1, 0.15) is 11.6 Å². The fourth-order valence-electron chi connectivity index (χ4n) is 1.61. The summed E-state index contributed by atoms with van der Waals surface area (Å²) >= 11 is 0. The van der Waals surface area contributed by atoms with E-state index >= 15 is 0 Å². The SMILES string of the molecule is O=C(CCOc1ccc(F)c(F)c1)c1ccc(F)cc1. The van der Waals surface area contributed by atoms with Gasteiger partial charge < -0.3 is 4.74 Å². The Morgan fingerprint density at radius 3 is 2.30 bits per heavy atom. The molecule has 0 amide bonds. The maximum absolute atomic E-state index is 12.9. The number of hydrogen-bond acceptors (Lipinski definition) is 2. The van der Waals surface area contributed by atoms with E-state index in [2.05, 4.69) is 0 Å². The van der Waals surface area contributed by atoms with Crippen LogP contribution in [0.25, 0.3) is 0 Å². The molecule has 0 spiro atoms. The number of Topliss-reactive ketones (excluding diaryl/α,β-unsaturated/α-hetero) is 1. The van der Waals surface area contributed by atoms with Gasteiger partial charge in [0.2, 0.25) is 0 Å². The van der Waals surface area contributed by atoms with Crippen LogP contribution in [0.2, 0.25) is 0 Å². The van der Waals surface area contributed by atoms with E-state index in [0.29, 0.717) is 5.56 Å². The van der Waals surface area contributed by atoms with Gasteiger partial charge in [-0.2, -0.15) is 0 Å². The standard InChI is InChI=1S/C15H11F3O2/c16-11-3-1-10(2-4-11)15(19)7-8-20-12-5-6-13(17)14(18)9-12/h1-6,9H,7-8H2. The van der Waals surface area contributed by atoms with Crippen molar-refractivity contribution in [3.05, 3.63) is 65.5 Å². The van der Waals surface area contributed by atoms with Crippen LogP contribution in [0.4, 0.5) is 13.2 Å². The van der Waals surface area contributed by atoms with Crippen LogP contribution in [0.1, 0.15) is 16.8 Å².